The summed E-state index contributed by atoms with van der Waals surface area (Å²) >= 11 is 0. The van der Waals surface area contributed by atoms with Gasteiger partial charge in [-0.15, -0.1) is 0 Å². The number of rotatable bonds is 4. The average molecular weight is 222 g/mol. The molecule has 1 heterocycles. The van der Waals surface area contributed by atoms with Gasteiger partial charge in [-0.25, -0.2) is 0 Å². The van der Waals surface area contributed by atoms with Gasteiger partial charge in [-0.2, -0.15) is 0 Å². The minimum atomic E-state index is -0.934. The van der Waals surface area contributed by atoms with Gasteiger partial charge in [-0.1, -0.05) is 0 Å². The summed E-state index contributed by atoms with van der Waals surface area (Å²) in [6.07, 6.45) is -3.40. The van der Waals surface area contributed by atoms with Crippen molar-refractivity contribution in [3.05, 3.63) is 0 Å². The lowest BCUT2D eigenvalue weighted by atomic mass is 9.99. The molecule has 1 saturated heterocycles. The van der Waals surface area contributed by atoms with Crippen LogP contribution in [0.25, 0.3) is 0 Å². The Morgan fingerprint density at radius 1 is 1.07 bits per heavy atom. The fourth-order valence-corrected chi connectivity index (χ4v) is 1.75. The largest absolute Gasteiger partial charge is 0.394 e. The summed E-state index contributed by atoms with van der Waals surface area (Å²) in [6, 6.07) is 0. The number of hydrogen-bond acceptors (Lipinski definition) is 6. The summed E-state index contributed by atoms with van der Waals surface area (Å²) in [6.45, 7) is -0.294. The van der Waals surface area contributed by atoms with Crippen molar-refractivity contribution >= 4 is 0 Å². The first-order valence-electron chi connectivity index (χ1n) is 4.72. The van der Waals surface area contributed by atoms with Gasteiger partial charge in [0.1, 0.15) is 24.4 Å². The van der Waals surface area contributed by atoms with Crippen LogP contribution >= 0.6 is 0 Å². The summed E-state index contributed by atoms with van der Waals surface area (Å²) in [5, 5.41) is 18.8. The zero-order valence-corrected chi connectivity index (χ0v) is 9.12. The Bertz CT molecular complexity index is 187. The predicted molar refractivity (Wildman–Crippen MR) is 50.4 cm³/mol. The van der Waals surface area contributed by atoms with Crippen LogP contribution in [0.5, 0.6) is 0 Å². The van der Waals surface area contributed by atoms with Gasteiger partial charge in [0.05, 0.1) is 6.61 Å². The fourth-order valence-electron chi connectivity index (χ4n) is 1.75. The molecule has 0 aromatic rings. The lowest BCUT2D eigenvalue weighted by Gasteiger charge is -2.42. The van der Waals surface area contributed by atoms with E-state index >= 15 is 0 Å². The maximum absolute atomic E-state index is 9.80. The molecule has 0 radical (unpaired) electrons. The first-order valence-corrected chi connectivity index (χ1v) is 4.72. The van der Waals surface area contributed by atoms with Crippen LogP contribution in [0.4, 0.5) is 0 Å². The molecule has 6 nitrogen and oxygen atoms in total. The second kappa shape index (κ2) is 5.74. The highest BCUT2D eigenvalue weighted by molar-refractivity contribution is 4.90. The van der Waals surface area contributed by atoms with Crippen molar-refractivity contribution in [1.82, 2.24) is 0 Å². The Balaban J connectivity index is 2.78. The van der Waals surface area contributed by atoms with Crippen molar-refractivity contribution in [2.24, 2.45) is 0 Å². The van der Waals surface area contributed by atoms with Crippen LogP contribution in [0.1, 0.15) is 0 Å². The zero-order chi connectivity index (χ0) is 11.4. The van der Waals surface area contributed by atoms with Gasteiger partial charge in [-0.3, -0.25) is 0 Å². The van der Waals surface area contributed by atoms with E-state index in [1.807, 2.05) is 0 Å². The maximum atomic E-state index is 9.80. The third-order valence-corrected chi connectivity index (χ3v) is 2.58. The lowest BCUT2D eigenvalue weighted by Crippen LogP contribution is -2.60. The Labute approximate surface area is 88.7 Å². The van der Waals surface area contributed by atoms with E-state index in [-0.39, 0.29) is 6.61 Å². The second-order valence-electron chi connectivity index (χ2n) is 3.35. The molecule has 15 heavy (non-hydrogen) atoms. The first kappa shape index (κ1) is 12.8. The minimum Gasteiger partial charge on any atom is -0.394 e. The Hall–Kier alpha value is -0.240. The van der Waals surface area contributed by atoms with E-state index in [4.69, 9.17) is 24.1 Å². The first-order chi connectivity index (χ1) is 7.19. The molecule has 6 heteroatoms. The van der Waals surface area contributed by atoms with E-state index in [1.54, 1.807) is 0 Å². The molecule has 0 amide bonds. The van der Waals surface area contributed by atoms with E-state index in [0.717, 1.165) is 0 Å². The Morgan fingerprint density at radius 2 is 1.67 bits per heavy atom. The standard InChI is InChI=1S/C9H18O6/c1-12-7-6(11)5(4-10)15-9(14-3)8(7)13-2/h5-11H,4H2,1-3H3/t5?,6-,7-,8?,9+/m1/s1. The molecule has 2 unspecified atom stereocenters. The molecule has 0 aromatic heterocycles. The van der Waals surface area contributed by atoms with Crippen LogP contribution < -0.4 is 0 Å². The topological polar surface area (TPSA) is 77.4 Å². The Morgan fingerprint density at radius 3 is 2.07 bits per heavy atom. The SMILES string of the molecule is COC1[C@@H](OC)OC(CO)[C@@H](O)[C@H]1OC. The van der Waals surface area contributed by atoms with Crippen molar-refractivity contribution in [3.63, 3.8) is 0 Å². The monoisotopic (exact) mass is 222 g/mol. The molecular formula is C9H18O6. The highest BCUT2D eigenvalue weighted by Gasteiger charge is 2.45. The number of aliphatic hydroxyl groups is 2. The highest BCUT2D eigenvalue weighted by Crippen LogP contribution is 2.25. The number of methoxy groups -OCH3 is 3. The lowest BCUT2D eigenvalue weighted by molar-refractivity contribution is -0.303. The highest BCUT2D eigenvalue weighted by atomic mass is 16.7. The van der Waals surface area contributed by atoms with E-state index < -0.39 is 30.7 Å². The molecule has 1 aliphatic heterocycles. The molecule has 5 atom stereocenters. The van der Waals surface area contributed by atoms with Gasteiger partial charge < -0.3 is 29.2 Å². The quantitative estimate of drug-likeness (QED) is 0.618. The summed E-state index contributed by atoms with van der Waals surface area (Å²) in [5.41, 5.74) is 0. The van der Waals surface area contributed by atoms with Crippen LogP contribution in [0.15, 0.2) is 0 Å². The number of hydrogen-bond donors (Lipinski definition) is 2. The van der Waals surface area contributed by atoms with Crippen LogP contribution in [0.3, 0.4) is 0 Å². The molecule has 0 aromatic carbocycles. The van der Waals surface area contributed by atoms with Crippen LogP contribution in [0, 0.1) is 0 Å². The van der Waals surface area contributed by atoms with Crippen molar-refractivity contribution < 1.29 is 29.2 Å². The number of ether oxygens (including phenoxy) is 4. The minimum absolute atomic E-state index is 0.294. The summed E-state index contributed by atoms with van der Waals surface area (Å²) in [5.74, 6) is 0. The normalized spacial score (nSPS) is 41.8. The molecule has 90 valence electrons. The average Bonchev–Trinajstić information content (AvgIpc) is 2.28. The fraction of sp³-hybridized carbons (Fsp3) is 1.00. The smallest absolute Gasteiger partial charge is 0.186 e. The third kappa shape index (κ3) is 2.47. The molecular weight excluding hydrogens is 204 g/mol. The van der Waals surface area contributed by atoms with E-state index in [1.165, 1.54) is 21.3 Å². The van der Waals surface area contributed by atoms with Gasteiger partial charge in [0.25, 0.3) is 0 Å². The van der Waals surface area contributed by atoms with Crippen LogP contribution in [-0.4, -0.2) is 68.9 Å². The van der Waals surface area contributed by atoms with Crippen LogP contribution in [0.2, 0.25) is 0 Å². The van der Waals surface area contributed by atoms with E-state index in [0.29, 0.717) is 0 Å². The molecule has 2 N–H and O–H groups in total. The molecule has 0 saturated carbocycles. The van der Waals surface area contributed by atoms with Crippen LogP contribution in [-0.2, 0) is 18.9 Å². The molecule has 1 aliphatic rings. The van der Waals surface area contributed by atoms with Gasteiger partial charge in [0.2, 0.25) is 0 Å². The molecule has 0 spiro atoms. The molecule has 1 rings (SSSR count). The molecule has 1 fully saturated rings. The zero-order valence-electron chi connectivity index (χ0n) is 9.12. The summed E-state index contributed by atoms with van der Waals surface area (Å²) in [7, 11) is 4.42. The van der Waals surface area contributed by atoms with Gasteiger partial charge in [0.15, 0.2) is 6.29 Å². The molecule has 0 aliphatic carbocycles. The summed E-state index contributed by atoms with van der Waals surface area (Å²) in [4.78, 5) is 0. The van der Waals surface area contributed by atoms with Gasteiger partial charge in [0, 0.05) is 21.3 Å². The Kier molecular flexibility index (Phi) is 4.91. The van der Waals surface area contributed by atoms with Gasteiger partial charge in [-0.05, 0) is 0 Å². The second-order valence-corrected chi connectivity index (χ2v) is 3.35. The third-order valence-electron chi connectivity index (χ3n) is 2.58. The summed E-state index contributed by atoms with van der Waals surface area (Å²) < 4.78 is 20.6. The van der Waals surface area contributed by atoms with E-state index in [2.05, 4.69) is 0 Å². The van der Waals surface area contributed by atoms with Gasteiger partial charge >= 0.3 is 0 Å². The van der Waals surface area contributed by atoms with Crippen molar-refractivity contribution in [1.29, 1.82) is 0 Å². The van der Waals surface area contributed by atoms with E-state index in [9.17, 15) is 5.11 Å². The van der Waals surface area contributed by atoms with Crippen molar-refractivity contribution in [2.75, 3.05) is 27.9 Å². The van der Waals surface area contributed by atoms with Crippen molar-refractivity contribution in [3.8, 4) is 0 Å². The molecule has 0 bridgehead atoms. The van der Waals surface area contributed by atoms with Crippen molar-refractivity contribution in [2.45, 2.75) is 30.7 Å². The predicted octanol–water partition coefficient (Wildman–Crippen LogP) is -1.26. The maximum Gasteiger partial charge on any atom is 0.186 e. The number of aliphatic hydroxyl groups excluding tert-OH is 2.